The summed E-state index contributed by atoms with van der Waals surface area (Å²) in [7, 11) is 3.71. The van der Waals surface area contributed by atoms with E-state index in [-0.39, 0.29) is 17.8 Å². The minimum absolute atomic E-state index is 0.0000638. The Morgan fingerprint density at radius 2 is 1.86 bits per heavy atom. The molecule has 8 nitrogen and oxygen atoms in total. The number of amides is 1. The number of aliphatic carboxylic acids is 1. The van der Waals surface area contributed by atoms with Crippen molar-refractivity contribution in [2.24, 2.45) is 0 Å². The molecule has 0 aliphatic rings. The fourth-order valence-electron chi connectivity index (χ4n) is 1.57. The van der Waals surface area contributed by atoms with Gasteiger partial charge in [-0.3, -0.25) is 14.7 Å². The van der Waals surface area contributed by atoms with Gasteiger partial charge in [0.2, 0.25) is 5.82 Å². The van der Waals surface area contributed by atoms with E-state index in [1.807, 2.05) is 39.8 Å². The first-order chi connectivity index (χ1) is 9.61. The second-order valence-corrected chi connectivity index (χ2v) is 6.18. The smallest absolute Gasteiger partial charge is 0.323 e. The quantitative estimate of drug-likeness (QED) is 0.777. The van der Waals surface area contributed by atoms with Gasteiger partial charge in [-0.2, -0.15) is 0 Å². The maximum Gasteiger partial charge on any atom is 0.323 e. The van der Waals surface area contributed by atoms with Gasteiger partial charge in [-0.1, -0.05) is 20.8 Å². The lowest BCUT2D eigenvalue weighted by molar-refractivity contribution is -0.137. The molecule has 0 aromatic carbocycles. The molecule has 0 aliphatic heterocycles. The number of aromatic nitrogens is 3. The Morgan fingerprint density at radius 3 is 2.29 bits per heavy atom. The van der Waals surface area contributed by atoms with Crippen molar-refractivity contribution in [2.75, 3.05) is 33.7 Å². The zero-order chi connectivity index (χ0) is 16.2. The van der Waals surface area contributed by atoms with Gasteiger partial charge in [0.1, 0.15) is 12.4 Å². The second kappa shape index (κ2) is 6.66. The zero-order valence-corrected chi connectivity index (χ0v) is 13.2. The number of hydrogen-bond acceptors (Lipinski definition) is 5. The first-order valence-corrected chi connectivity index (χ1v) is 6.70. The van der Waals surface area contributed by atoms with E-state index in [0.717, 1.165) is 0 Å². The van der Waals surface area contributed by atoms with Crippen LogP contribution in [0.25, 0.3) is 0 Å². The van der Waals surface area contributed by atoms with Crippen LogP contribution < -0.4 is 0 Å². The highest BCUT2D eigenvalue weighted by molar-refractivity contribution is 5.92. The predicted molar refractivity (Wildman–Crippen MR) is 77.2 cm³/mol. The number of nitrogens with one attached hydrogen (secondary N) is 1. The van der Waals surface area contributed by atoms with E-state index in [2.05, 4.69) is 15.2 Å². The highest BCUT2D eigenvalue weighted by Gasteiger charge is 2.25. The van der Waals surface area contributed by atoms with Gasteiger partial charge in [0.25, 0.3) is 5.91 Å². The molecule has 0 bridgehead atoms. The average molecular weight is 297 g/mol. The molecule has 1 heterocycles. The summed E-state index contributed by atoms with van der Waals surface area (Å²) in [5, 5.41) is 15.6. The van der Waals surface area contributed by atoms with Crippen molar-refractivity contribution in [3.8, 4) is 0 Å². The van der Waals surface area contributed by atoms with E-state index in [1.54, 1.807) is 0 Å². The molecule has 1 aromatic rings. The van der Waals surface area contributed by atoms with Gasteiger partial charge in [0.05, 0.1) is 0 Å². The van der Waals surface area contributed by atoms with Crippen molar-refractivity contribution in [1.29, 1.82) is 0 Å². The van der Waals surface area contributed by atoms with Gasteiger partial charge in [-0.05, 0) is 14.1 Å². The summed E-state index contributed by atoms with van der Waals surface area (Å²) in [6, 6.07) is 0. The van der Waals surface area contributed by atoms with Crippen LogP contribution >= 0.6 is 0 Å². The van der Waals surface area contributed by atoms with Crippen molar-refractivity contribution in [1.82, 2.24) is 25.0 Å². The molecular formula is C13H23N5O3. The van der Waals surface area contributed by atoms with Crippen LogP contribution in [-0.4, -0.2) is 75.7 Å². The van der Waals surface area contributed by atoms with Gasteiger partial charge in [-0.15, -0.1) is 5.10 Å². The topological polar surface area (TPSA) is 102 Å². The first kappa shape index (κ1) is 17.1. The molecule has 8 heteroatoms. The minimum atomic E-state index is -1.06. The Bertz CT molecular complexity index is 504. The molecule has 0 saturated heterocycles. The molecule has 21 heavy (non-hydrogen) atoms. The Labute approximate surface area is 124 Å². The van der Waals surface area contributed by atoms with Crippen LogP contribution in [0.2, 0.25) is 0 Å². The summed E-state index contributed by atoms with van der Waals surface area (Å²) in [6.07, 6.45) is 0. The minimum Gasteiger partial charge on any atom is -0.480 e. The molecule has 0 radical (unpaired) electrons. The zero-order valence-electron chi connectivity index (χ0n) is 13.2. The lowest BCUT2D eigenvalue weighted by atomic mass is 9.96. The van der Waals surface area contributed by atoms with Crippen molar-refractivity contribution in [2.45, 2.75) is 26.2 Å². The van der Waals surface area contributed by atoms with Gasteiger partial charge in [0.15, 0.2) is 0 Å². The Hall–Kier alpha value is -1.96. The number of aromatic amines is 1. The lowest BCUT2D eigenvalue weighted by Crippen LogP contribution is -2.40. The second-order valence-electron chi connectivity index (χ2n) is 6.18. The monoisotopic (exact) mass is 297 g/mol. The van der Waals surface area contributed by atoms with E-state index in [4.69, 9.17) is 5.11 Å². The normalized spacial score (nSPS) is 11.7. The molecule has 0 aliphatic carbocycles. The van der Waals surface area contributed by atoms with Gasteiger partial charge in [0, 0.05) is 18.5 Å². The number of likely N-dealkylation sites (N-methyl/N-ethyl adjacent to an activating group) is 1. The molecule has 0 fully saturated rings. The summed E-state index contributed by atoms with van der Waals surface area (Å²) in [4.78, 5) is 30.5. The molecular weight excluding hydrogens is 274 g/mol. The third kappa shape index (κ3) is 5.14. The van der Waals surface area contributed by atoms with Crippen molar-refractivity contribution < 1.29 is 14.7 Å². The Balaban J connectivity index is 2.88. The Kier molecular flexibility index (Phi) is 5.42. The van der Waals surface area contributed by atoms with Crippen LogP contribution in [0.4, 0.5) is 0 Å². The van der Waals surface area contributed by atoms with E-state index in [9.17, 15) is 9.59 Å². The maximum atomic E-state index is 12.3. The summed E-state index contributed by atoms with van der Waals surface area (Å²) in [6.45, 7) is 6.34. The largest absolute Gasteiger partial charge is 0.480 e. The highest BCUT2D eigenvalue weighted by atomic mass is 16.4. The van der Waals surface area contributed by atoms with Crippen LogP contribution in [0, 0.1) is 0 Å². The van der Waals surface area contributed by atoms with E-state index in [1.165, 1.54) is 4.90 Å². The summed E-state index contributed by atoms with van der Waals surface area (Å²) in [5.41, 5.74) is -0.257. The maximum absolute atomic E-state index is 12.3. The summed E-state index contributed by atoms with van der Waals surface area (Å²) in [5.74, 6) is -0.951. The average Bonchev–Trinajstić information content (AvgIpc) is 2.82. The first-order valence-electron chi connectivity index (χ1n) is 6.70. The third-order valence-corrected chi connectivity index (χ3v) is 2.82. The van der Waals surface area contributed by atoms with Gasteiger partial charge < -0.3 is 14.9 Å². The Morgan fingerprint density at radius 1 is 1.24 bits per heavy atom. The molecule has 118 valence electrons. The standard InChI is InChI=1S/C13H23N5O3/c1-13(2,3)12-14-10(15-16-12)11(21)18(8-9(19)20)7-6-17(4)5/h6-8H2,1-5H3,(H,19,20)(H,14,15,16). The molecule has 1 amide bonds. The van der Waals surface area contributed by atoms with E-state index in [0.29, 0.717) is 18.9 Å². The number of rotatable bonds is 6. The molecule has 0 spiro atoms. The molecule has 2 N–H and O–H groups in total. The van der Waals surface area contributed by atoms with Crippen LogP contribution in [0.1, 0.15) is 37.2 Å². The number of H-pyrrole nitrogens is 1. The number of carbonyl (C=O) groups is 2. The SMILES string of the molecule is CN(C)CCN(CC(=O)O)C(=O)c1n[nH]c(C(C)(C)C)n1. The van der Waals surface area contributed by atoms with Gasteiger partial charge >= 0.3 is 5.97 Å². The third-order valence-electron chi connectivity index (χ3n) is 2.82. The van der Waals surface area contributed by atoms with Crippen molar-refractivity contribution in [3.63, 3.8) is 0 Å². The summed E-state index contributed by atoms with van der Waals surface area (Å²) >= 11 is 0. The molecule has 1 aromatic heterocycles. The number of carboxylic acids is 1. The van der Waals surface area contributed by atoms with Gasteiger partial charge in [-0.25, -0.2) is 4.98 Å². The predicted octanol–water partition coefficient (Wildman–Crippen LogP) is 0.191. The number of hydrogen-bond donors (Lipinski definition) is 2. The summed E-state index contributed by atoms with van der Waals surface area (Å²) < 4.78 is 0. The fraction of sp³-hybridized carbons (Fsp3) is 0.692. The fourth-order valence-corrected chi connectivity index (χ4v) is 1.57. The molecule has 0 unspecified atom stereocenters. The molecule has 0 atom stereocenters. The van der Waals surface area contributed by atoms with Crippen LogP contribution in [0.15, 0.2) is 0 Å². The van der Waals surface area contributed by atoms with Crippen molar-refractivity contribution in [3.05, 3.63) is 11.6 Å². The lowest BCUT2D eigenvalue weighted by Gasteiger charge is -2.21. The van der Waals surface area contributed by atoms with Crippen LogP contribution in [0.5, 0.6) is 0 Å². The molecule has 0 saturated carbocycles. The van der Waals surface area contributed by atoms with Crippen LogP contribution in [-0.2, 0) is 10.2 Å². The highest BCUT2D eigenvalue weighted by Crippen LogP contribution is 2.17. The molecule has 1 rings (SSSR count). The van der Waals surface area contributed by atoms with Crippen LogP contribution in [0.3, 0.4) is 0 Å². The number of carboxylic acid groups (broad SMARTS) is 1. The van der Waals surface area contributed by atoms with Crippen molar-refractivity contribution >= 4 is 11.9 Å². The number of nitrogens with zero attached hydrogens (tertiary/aromatic N) is 4. The van der Waals surface area contributed by atoms with E-state index >= 15 is 0 Å². The van der Waals surface area contributed by atoms with E-state index < -0.39 is 11.9 Å². The number of carbonyl (C=O) groups excluding carboxylic acids is 1.